The Morgan fingerprint density at radius 2 is 1.70 bits per heavy atom. The van der Waals surface area contributed by atoms with Crippen LogP contribution in [0.4, 0.5) is 4.39 Å². The molecule has 0 spiro atoms. The summed E-state index contributed by atoms with van der Waals surface area (Å²) in [5.41, 5.74) is 4.24. The van der Waals surface area contributed by atoms with E-state index in [0.717, 1.165) is 33.0 Å². The summed E-state index contributed by atoms with van der Waals surface area (Å²) < 4.78 is 24.2. The zero-order chi connectivity index (χ0) is 16.1. The number of hydrogen-bond donors (Lipinski definition) is 0. The smallest absolute Gasteiger partial charge is 0.336 e. The first-order valence-electron chi connectivity index (χ1n) is 7.26. The molecule has 0 unspecified atom stereocenters. The van der Waals surface area contributed by atoms with Crippen molar-refractivity contribution >= 4 is 21.9 Å². The lowest BCUT2D eigenvalue weighted by Gasteiger charge is -2.05. The molecule has 0 fully saturated rings. The zero-order valence-electron chi connectivity index (χ0n) is 12.6. The van der Waals surface area contributed by atoms with Gasteiger partial charge in [-0.05, 0) is 43.2 Å². The van der Waals surface area contributed by atoms with Gasteiger partial charge in [0.1, 0.15) is 17.0 Å². The largest absolute Gasteiger partial charge is 0.463 e. The molecule has 0 amide bonds. The van der Waals surface area contributed by atoms with Gasteiger partial charge in [0.05, 0.1) is 6.26 Å². The zero-order valence-corrected chi connectivity index (χ0v) is 12.6. The van der Waals surface area contributed by atoms with Crippen LogP contribution in [-0.2, 0) is 0 Å². The van der Waals surface area contributed by atoms with E-state index in [9.17, 15) is 9.18 Å². The van der Waals surface area contributed by atoms with Gasteiger partial charge >= 0.3 is 5.63 Å². The van der Waals surface area contributed by atoms with Gasteiger partial charge in [0, 0.05) is 28.0 Å². The Morgan fingerprint density at radius 3 is 2.43 bits per heavy atom. The van der Waals surface area contributed by atoms with E-state index in [1.54, 1.807) is 18.4 Å². The number of aryl methyl sites for hydroxylation is 2. The lowest BCUT2D eigenvalue weighted by Crippen LogP contribution is -1.99. The highest BCUT2D eigenvalue weighted by Crippen LogP contribution is 2.36. The molecule has 0 saturated carbocycles. The van der Waals surface area contributed by atoms with Crippen molar-refractivity contribution in [1.29, 1.82) is 0 Å². The highest BCUT2D eigenvalue weighted by molar-refractivity contribution is 6.04. The van der Waals surface area contributed by atoms with Crippen LogP contribution in [0.25, 0.3) is 33.1 Å². The van der Waals surface area contributed by atoms with E-state index in [1.807, 2.05) is 19.9 Å². The second kappa shape index (κ2) is 4.81. The molecule has 0 bridgehead atoms. The first-order chi connectivity index (χ1) is 11.0. The van der Waals surface area contributed by atoms with E-state index < -0.39 is 0 Å². The van der Waals surface area contributed by atoms with Crippen molar-refractivity contribution < 1.29 is 13.2 Å². The molecule has 0 N–H and O–H groups in total. The standard InChI is InChI=1S/C19H13FO3/c1-10-7-17(21)23-19-11(2)18-15(8-14(10)19)16(9-22-18)12-3-5-13(20)6-4-12/h3-9H,1-2H3. The third-order valence-electron chi connectivity index (χ3n) is 4.16. The van der Waals surface area contributed by atoms with Crippen LogP contribution in [0.5, 0.6) is 0 Å². The monoisotopic (exact) mass is 308 g/mol. The van der Waals surface area contributed by atoms with Gasteiger partial charge in [-0.25, -0.2) is 9.18 Å². The average molecular weight is 308 g/mol. The summed E-state index contributed by atoms with van der Waals surface area (Å²) in [6.45, 7) is 3.74. The summed E-state index contributed by atoms with van der Waals surface area (Å²) >= 11 is 0. The molecule has 0 aliphatic heterocycles. The average Bonchev–Trinajstić information content (AvgIpc) is 2.94. The Morgan fingerprint density at radius 1 is 0.957 bits per heavy atom. The predicted octanol–water partition coefficient (Wildman–Crippen LogP) is 4.96. The van der Waals surface area contributed by atoms with Crippen molar-refractivity contribution in [1.82, 2.24) is 0 Å². The minimum absolute atomic E-state index is 0.277. The molecule has 23 heavy (non-hydrogen) atoms. The van der Waals surface area contributed by atoms with Crippen LogP contribution in [0.3, 0.4) is 0 Å². The van der Waals surface area contributed by atoms with Crippen LogP contribution in [0.1, 0.15) is 11.1 Å². The molecule has 114 valence electrons. The maximum absolute atomic E-state index is 13.1. The fourth-order valence-corrected chi connectivity index (χ4v) is 2.98. The van der Waals surface area contributed by atoms with Gasteiger partial charge < -0.3 is 8.83 Å². The SMILES string of the molecule is Cc1cc(=O)oc2c(C)c3occ(-c4ccc(F)cc4)c3cc12. The minimum atomic E-state index is -0.372. The number of furan rings is 1. The quantitative estimate of drug-likeness (QED) is 0.467. The summed E-state index contributed by atoms with van der Waals surface area (Å²) in [5.74, 6) is -0.277. The van der Waals surface area contributed by atoms with Gasteiger partial charge in [0.2, 0.25) is 0 Å². The van der Waals surface area contributed by atoms with Crippen LogP contribution in [0.15, 0.2) is 56.3 Å². The van der Waals surface area contributed by atoms with Gasteiger partial charge in [0.25, 0.3) is 0 Å². The van der Waals surface area contributed by atoms with Crippen molar-refractivity contribution in [3.8, 4) is 11.1 Å². The molecule has 0 aliphatic carbocycles. The van der Waals surface area contributed by atoms with Gasteiger partial charge in [-0.1, -0.05) is 12.1 Å². The number of hydrogen-bond acceptors (Lipinski definition) is 3. The van der Waals surface area contributed by atoms with Crippen LogP contribution in [-0.4, -0.2) is 0 Å². The summed E-state index contributed by atoms with van der Waals surface area (Å²) in [7, 11) is 0. The molecule has 4 aromatic rings. The van der Waals surface area contributed by atoms with Crippen LogP contribution >= 0.6 is 0 Å². The molecule has 2 aromatic heterocycles. The molecular formula is C19H13FO3. The lowest BCUT2D eigenvalue weighted by molar-refractivity contribution is 0.555. The Kier molecular flexibility index (Phi) is 2.88. The number of halogens is 1. The fraction of sp³-hybridized carbons (Fsp3) is 0.105. The molecule has 3 nitrogen and oxygen atoms in total. The second-order valence-electron chi connectivity index (χ2n) is 5.66. The molecule has 2 aromatic carbocycles. The fourth-order valence-electron chi connectivity index (χ4n) is 2.98. The normalized spacial score (nSPS) is 11.4. The van der Waals surface area contributed by atoms with Crippen LogP contribution in [0, 0.1) is 19.7 Å². The first kappa shape index (κ1) is 13.8. The maximum atomic E-state index is 13.1. The van der Waals surface area contributed by atoms with Crippen molar-refractivity contribution in [2.45, 2.75) is 13.8 Å². The van der Waals surface area contributed by atoms with Crippen LogP contribution in [0.2, 0.25) is 0 Å². The Balaban J connectivity index is 2.10. The third-order valence-corrected chi connectivity index (χ3v) is 4.16. The van der Waals surface area contributed by atoms with Gasteiger partial charge in [0.15, 0.2) is 0 Å². The number of rotatable bonds is 1. The molecule has 0 atom stereocenters. The van der Waals surface area contributed by atoms with E-state index in [4.69, 9.17) is 8.83 Å². The lowest BCUT2D eigenvalue weighted by atomic mass is 9.99. The number of fused-ring (bicyclic) bond motifs is 2. The Bertz CT molecular complexity index is 1100. The Hall–Kier alpha value is -2.88. The van der Waals surface area contributed by atoms with E-state index in [1.165, 1.54) is 18.2 Å². The highest BCUT2D eigenvalue weighted by atomic mass is 19.1. The topological polar surface area (TPSA) is 43.4 Å². The summed E-state index contributed by atoms with van der Waals surface area (Å²) in [5, 5.41) is 1.79. The van der Waals surface area contributed by atoms with Crippen molar-refractivity contribution in [2.24, 2.45) is 0 Å². The first-order valence-corrected chi connectivity index (χ1v) is 7.26. The van der Waals surface area contributed by atoms with E-state index in [2.05, 4.69) is 0 Å². The molecule has 0 saturated heterocycles. The molecule has 4 heteroatoms. The molecule has 2 heterocycles. The predicted molar refractivity (Wildman–Crippen MR) is 87.1 cm³/mol. The van der Waals surface area contributed by atoms with E-state index in [-0.39, 0.29) is 11.4 Å². The third kappa shape index (κ3) is 2.06. The summed E-state index contributed by atoms with van der Waals surface area (Å²) in [6.07, 6.45) is 1.65. The minimum Gasteiger partial charge on any atom is -0.463 e. The van der Waals surface area contributed by atoms with Crippen molar-refractivity contribution in [3.63, 3.8) is 0 Å². The number of benzene rings is 2. The van der Waals surface area contributed by atoms with Gasteiger partial charge in [-0.3, -0.25) is 0 Å². The highest BCUT2D eigenvalue weighted by Gasteiger charge is 2.16. The molecule has 0 radical (unpaired) electrons. The van der Waals surface area contributed by atoms with E-state index in [0.29, 0.717) is 11.2 Å². The van der Waals surface area contributed by atoms with Gasteiger partial charge in [-0.15, -0.1) is 0 Å². The summed E-state index contributed by atoms with van der Waals surface area (Å²) in [4.78, 5) is 11.6. The van der Waals surface area contributed by atoms with E-state index >= 15 is 0 Å². The van der Waals surface area contributed by atoms with Gasteiger partial charge in [-0.2, -0.15) is 0 Å². The van der Waals surface area contributed by atoms with Crippen LogP contribution < -0.4 is 5.63 Å². The Labute approximate surface area is 131 Å². The maximum Gasteiger partial charge on any atom is 0.336 e. The summed E-state index contributed by atoms with van der Waals surface area (Å²) in [6, 6.07) is 9.72. The van der Waals surface area contributed by atoms with Crippen molar-refractivity contribution in [3.05, 3.63) is 70.0 Å². The second-order valence-corrected chi connectivity index (χ2v) is 5.66. The molecule has 0 aliphatic rings. The molecule has 4 rings (SSSR count). The van der Waals surface area contributed by atoms with Crippen molar-refractivity contribution in [2.75, 3.05) is 0 Å². The molecular weight excluding hydrogens is 295 g/mol.